The maximum atomic E-state index is 11.0. The van der Waals surface area contributed by atoms with E-state index < -0.39 is 5.97 Å². The number of nitrogens with one attached hydrogen (secondary N) is 1. The molecule has 0 unspecified atom stereocenters. The van der Waals surface area contributed by atoms with Gasteiger partial charge in [0, 0.05) is 17.0 Å². The SMILES string of the molecule is CCC(CC)c1nc(Nc2ccc(C(=O)O)cc2)c2ccccc2n1. The van der Waals surface area contributed by atoms with Gasteiger partial charge in [-0.25, -0.2) is 14.8 Å². The Bertz CT molecular complexity index is 887. The van der Waals surface area contributed by atoms with Gasteiger partial charge in [-0.15, -0.1) is 0 Å². The maximum absolute atomic E-state index is 11.0. The fourth-order valence-corrected chi connectivity index (χ4v) is 2.86. The van der Waals surface area contributed by atoms with Crippen LogP contribution in [-0.2, 0) is 0 Å². The quantitative estimate of drug-likeness (QED) is 0.665. The molecule has 3 rings (SSSR count). The molecule has 5 heteroatoms. The second kappa shape index (κ2) is 7.30. The zero-order chi connectivity index (χ0) is 17.8. The van der Waals surface area contributed by atoms with E-state index >= 15 is 0 Å². The van der Waals surface area contributed by atoms with Crippen molar-refractivity contribution in [2.45, 2.75) is 32.6 Å². The highest BCUT2D eigenvalue weighted by Crippen LogP contribution is 2.28. The van der Waals surface area contributed by atoms with E-state index in [9.17, 15) is 4.79 Å². The summed E-state index contributed by atoms with van der Waals surface area (Å²) in [6, 6.07) is 14.6. The topological polar surface area (TPSA) is 75.1 Å². The third kappa shape index (κ3) is 3.60. The average molecular weight is 335 g/mol. The molecule has 1 heterocycles. The number of para-hydroxylation sites is 1. The molecule has 0 radical (unpaired) electrons. The van der Waals surface area contributed by atoms with Gasteiger partial charge in [-0.05, 0) is 49.2 Å². The van der Waals surface area contributed by atoms with E-state index in [0.29, 0.717) is 5.92 Å². The molecule has 0 aliphatic carbocycles. The molecule has 0 atom stereocenters. The Balaban J connectivity index is 2.02. The standard InChI is InChI=1S/C20H21N3O2/c1-3-13(4-2)18-22-17-8-6-5-7-16(17)19(23-18)21-15-11-9-14(10-12-15)20(24)25/h5-13H,3-4H2,1-2H3,(H,24,25)(H,21,22,23). The predicted octanol–water partition coefficient (Wildman–Crippen LogP) is 4.98. The second-order valence-electron chi connectivity index (χ2n) is 5.97. The summed E-state index contributed by atoms with van der Waals surface area (Å²) < 4.78 is 0. The molecule has 0 saturated heterocycles. The molecule has 2 aromatic carbocycles. The van der Waals surface area contributed by atoms with Crippen molar-refractivity contribution in [3.8, 4) is 0 Å². The van der Waals surface area contributed by atoms with Crippen LogP contribution in [0, 0.1) is 0 Å². The molecule has 0 fully saturated rings. The normalized spacial score (nSPS) is 11.0. The third-order valence-electron chi connectivity index (χ3n) is 4.37. The monoisotopic (exact) mass is 335 g/mol. The number of aromatic nitrogens is 2. The molecule has 1 aromatic heterocycles. The Morgan fingerprint density at radius 3 is 2.36 bits per heavy atom. The number of rotatable bonds is 6. The van der Waals surface area contributed by atoms with E-state index in [1.54, 1.807) is 24.3 Å². The summed E-state index contributed by atoms with van der Waals surface area (Å²) in [5.74, 6) is 0.971. The van der Waals surface area contributed by atoms with Gasteiger partial charge in [0.15, 0.2) is 0 Å². The van der Waals surface area contributed by atoms with Crippen LogP contribution >= 0.6 is 0 Å². The highest BCUT2D eigenvalue weighted by molar-refractivity contribution is 5.91. The van der Waals surface area contributed by atoms with Crippen molar-refractivity contribution in [1.82, 2.24) is 9.97 Å². The van der Waals surface area contributed by atoms with Gasteiger partial charge in [-0.2, -0.15) is 0 Å². The van der Waals surface area contributed by atoms with E-state index in [4.69, 9.17) is 15.1 Å². The van der Waals surface area contributed by atoms with Gasteiger partial charge in [0.2, 0.25) is 0 Å². The zero-order valence-corrected chi connectivity index (χ0v) is 14.4. The Hall–Kier alpha value is -2.95. The summed E-state index contributed by atoms with van der Waals surface area (Å²) >= 11 is 0. The molecule has 128 valence electrons. The Kier molecular flexibility index (Phi) is 4.93. The van der Waals surface area contributed by atoms with Crippen LogP contribution < -0.4 is 5.32 Å². The van der Waals surface area contributed by atoms with Crippen molar-refractivity contribution >= 4 is 28.4 Å². The summed E-state index contributed by atoms with van der Waals surface area (Å²) in [4.78, 5) is 20.5. The number of hydrogen-bond donors (Lipinski definition) is 2. The molecule has 5 nitrogen and oxygen atoms in total. The van der Waals surface area contributed by atoms with Gasteiger partial charge < -0.3 is 10.4 Å². The first-order chi connectivity index (χ1) is 12.1. The predicted molar refractivity (Wildman–Crippen MR) is 99.5 cm³/mol. The van der Waals surface area contributed by atoms with Gasteiger partial charge in [0.1, 0.15) is 11.6 Å². The molecule has 0 amide bonds. The summed E-state index contributed by atoms with van der Waals surface area (Å²) in [5.41, 5.74) is 1.96. The number of nitrogens with zero attached hydrogens (tertiary/aromatic N) is 2. The van der Waals surface area contributed by atoms with Gasteiger partial charge in [-0.3, -0.25) is 0 Å². The van der Waals surface area contributed by atoms with Crippen LogP contribution in [-0.4, -0.2) is 21.0 Å². The first-order valence-corrected chi connectivity index (χ1v) is 8.49. The van der Waals surface area contributed by atoms with Crippen LogP contribution in [0.2, 0.25) is 0 Å². The number of fused-ring (bicyclic) bond motifs is 1. The van der Waals surface area contributed by atoms with Crippen molar-refractivity contribution < 1.29 is 9.90 Å². The fourth-order valence-electron chi connectivity index (χ4n) is 2.86. The van der Waals surface area contributed by atoms with Gasteiger partial charge in [-0.1, -0.05) is 26.0 Å². The first-order valence-electron chi connectivity index (χ1n) is 8.49. The smallest absolute Gasteiger partial charge is 0.335 e. The number of aromatic carboxylic acids is 1. The van der Waals surface area contributed by atoms with Crippen LogP contribution in [0.5, 0.6) is 0 Å². The van der Waals surface area contributed by atoms with Crippen molar-refractivity contribution in [2.24, 2.45) is 0 Å². The molecular formula is C20H21N3O2. The minimum Gasteiger partial charge on any atom is -0.478 e. The average Bonchev–Trinajstić information content (AvgIpc) is 2.63. The van der Waals surface area contributed by atoms with Crippen LogP contribution in [0.15, 0.2) is 48.5 Å². The van der Waals surface area contributed by atoms with Crippen molar-refractivity contribution in [2.75, 3.05) is 5.32 Å². The van der Waals surface area contributed by atoms with E-state index in [0.717, 1.165) is 41.1 Å². The van der Waals surface area contributed by atoms with Crippen LogP contribution in [0.1, 0.15) is 48.8 Å². The van der Waals surface area contributed by atoms with Crippen molar-refractivity contribution in [1.29, 1.82) is 0 Å². The maximum Gasteiger partial charge on any atom is 0.335 e. The van der Waals surface area contributed by atoms with Gasteiger partial charge in [0.05, 0.1) is 11.1 Å². The second-order valence-corrected chi connectivity index (χ2v) is 5.97. The van der Waals surface area contributed by atoms with E-state index in [1.165, 1.54) is 0 Å². The van der Waals surface area contributed by atoms with Crippen molar-refractivity contribution in [3.63, 3.8) is 0 Å². The van der Waals surface area contributed by atoms with Gasteiger partial charge >= 0.3 is 5.97 Å². The highest BCUT2D eigenvalue weighted by Gasteiger charge is 2.14. The lowest BCUT2D eigenvalue weighted by molar-refractivity contribution is 0.0697. The summed E-state index contributed by atoms with van der Waals surface area (Å²) in [6.07, 6.45) is 1.98. The minimum absolute atomic E-state index is 0.260. The lowest BCUT2D eigenvalue weighted by Gasteiger charge is -2.15. The zero-order valence-electron chi connectivity index (χ0n) is 14.4. The molecule has 0 aliphatic heterocycles. The Labute approximate surface area is 146 Å². The number of anilines is 2. The molecule has 25 heavy (non-hydrogen) atoms. The third-order valence-corrected chi connectivity index (χ3v) is 4.37. The number of hydrogen-bond acceptors (Lipinski definition) is 4. The molecular weight excluding hydrogens is 314 g/mol. The molecule has 0 saturated carbocycles. The first kappa shape index (κ1) is 16.9. The Morgan fingerprint density at radius 1 is 1.04 bits per heavy atom. The van der Waals surface area contributed by atoms with E-state index in [2.05, 4.69) is 19.2 Å². The van der Waals surface area contributed by atoms with E-state index in [-0.39, 0.29) is 5.56 Å². The van der Waals surface area contributed by atoms with Crippen LogP contribution in [0.3, 0.4) is 0 Å². The lowest BCUT2D eigenvalue weighted by Crippen LogP contribution is -2.06. The summed E-state index contributed by atoms with van der Waals surface area (Å²) in [5, 5.41) is 13.3. The van der Waals surface area contributed by atoms with Crippen molar-refractivity contribution in [3.05, 3.63) is 59.9 Å². The largest absolute Gasteiger partial charge is 0.478 e. The van der Waals surface area contributed by atoms with E-state index in [1.807, 2.05) is 24.3 Å². The van der Waals surface area contributed by atoms with Crippen LogP contribution in [0.4, 0.5) is 11.5 Å². The number of carboxylic acids is 1. The highest BCUT2D eigenvalue weighted by atomic mass is 16.4. The van der Waals surface area contributed by atoms with Gasteiger partial charge in [0.25, 0.3) is 0 Å². The Morgan fingerprint density at radius 2 is 1.72 bits per heavy atom. The molecule has 3 aromatic rings. The number of carboxylic acid groups (broad SMARTS) is 1. The number of carbonyl (C=O) groups is 1. The molecule has 0 spiro atoms. The summed E-state index contributed by atoms with van der Waals surface area (Å²) in [7, 11) is 0. The number of benzene rings is 2. The lowest BCUT2D eigenvalue weighted by atomic mass is 10.0. The molecule has 0 bridgehead atoms. The van der Waals surface area contributed by atoms with Crippen LogP contribution in [0.25, 0.3) is 10.9 Å². The minimum atomic E-state index is -0.935. The molecule has 0 aliphatic rings. The fraction of sp³-hybridized carbons (Fsp3) is 0.250. The molecule has 2 N–H and O–H groups in total. The summed E-state index contributed by atoms with van der Waals surface area (Å²) in [6.45, 7) is 4.29.